The predicted octanol–water partition coefficient (Wildman–Crippen LogP) is 10.0. The third-order valence-electron chi connectivity index (χ3n) is 8.57. The number of rotatable bonds is 5. The highest BCUT2D eigenvalue weighted by Crippen LogP contribution is 2.40. The van der Waals surface area contributed by atoms with E-state index in [2.05, 4.69) is 77.0 Å². The molecule has 9 aromatic rings. The molecule has 6 nitrogen and oxygen atoms in total. The van der Waals surface area contributed by atoms with E-state index in [1.165, 1.54) is 0 Å². The van der Waals surface area contributed by atoms with Crippen LogP contribution in [0.4, 0.5) is 0 Å². The van der Waals surface area contributed by atoms with Gasteiger partial charge in [-0.2, -0.15) is 0 Å². The maximum absolute atomic E-state index is 5.40. The summed E-state index contributed by atoms with van der Waals surface area (Å²) >= 11 is 0. The summed E-state index contributed by atoms with van der Waals surface area (Å²) < 4.78 is 5.40. The van der Waals surface area contributed by atoms with Gasteiger partial charge in [-0.25, -0.2) is 19.6 Å². The molecule has 0 aliphatic carbocycles. The first-order chi connectivity index (χ1) is 23.3. The fraction of sp³-hybridized carbons (Fsp3) is 0. The molecule has 3 aromatic heterocycles. The number of nitrogens with zero attached hydrogens (tertiary/aromatic N) is 5. The Bertz CT molecular complexity index is 2490. The summed E-state index contributed by atoms with van der Waals surface area (Å²) in [7, 11) is 0. The van der Waals surface area contributed by atoms with Crippen LogP contribution in [0.1, 0.15) is 0 Å². The van der Waals surface area contributed by atoms with E-state index < -0.39 is 0 Å². The van der Waals surface area contributed by atoms with Crippen LogP contribution in [0.2, 0.25) is 0 Å². The third-order valence-corrected chi connectivity index (χ3v) is 8.57. The fourth-order valence-corrected chi connectivity index (χ4v) is 6.29. The van der Waals surface area contributed by atoms with Crippen LogP contribution >= 0.6 is 0 Å². The average molecular weight is 604 g/mol. The molecule has 0 bridgehead atoms. The number of fused-ring (bicyclic) bond motifs is 5. The summed E-state index contributed by atoms with van der Waals surface area (Å²) in [6, 6.07) is 51.3. The molecule has 0 aliphatic rings. The molecular formula is C41H25N5O. The van der Waals surface area contributed by atoms with Crippen LogP contribution in [0.5, 0.6) is 0 Å². The predicted molar refractivity (Wildman–Crippen MR) is 187 cm³/mol. The molecule has 0 spiro atoms. The normalized spacial score (nSPS) is 11.4. The van der Waals surface area contributed by atoms with Gasteiger partial charge in [-0.3, -0.25) is 0 Å². The molecule has 9 rings (SSSR count). The topological polar surface area (TPSA) is 77.6 Å². The highest BCUT2D eigenvalue weighted by Gasteiger charge is 2.20. The Morgan fingerprint density at radius 2 is 0.957 bits per heavy atom. The third kappa shape index (κ3) is 4.71. The summed E-state index contributed by atoms with van der Waals surface area (Å²) in [6.45, 7) is 0. The van der Waals surface area contributed by atoms with Gasteiger partial charge in [-0.05, 0) is 34.1 Å². The SMILES string of the molecule is c1ccc(-c2cc(-c3ccc(-c4cc5c(-c6ccccc6)nc6ccccc6c5c5nonc45)cc3)nc(-c3ccccc3)n2)cc1. The monoisotopic (exact) mass is 603 g/mol. The van der Waals surface area contributed by atoms with Crippen molar-refractivity contribution in [2.45, 2.75) is 0 Å². The summed E-state index contributed by atoms with van der Waals surface area (Å²) in [5.74, 6) is 0.684. The van der Waals surface area contributed by atoms with Crippen molar-refractivity contribution < 1.29 is 4.63 Å². The van der Waals surface area contributed by atoms with Crippen LogP contribution in [0, 0.1) is 0 Å². The average Bonchev–Trinajstić information content (AvgIpc) is 3.65. The first-order valence-electron chi connectivity index (χ1n) is 15.4. The van der Waals surface area contributed by atoms with Gasteiger partial charge in [-0.15, -0.1) is 0 Å². The molecule has 0 aliphatic heterocycles. The van der Waals surface area contributed by atoms with Crippen LogP contribution < -0.4 is 0 Å². The van der Waals surface area contributed by atoms with Gasteiger partial charge in [0.2, 0.25) is 0 Å². The summed E-state index contributed by atoms with van der Waals surface area (Å²) in [4.78, 5) is 15.1. The second-order valence-electron chi connectivity index (χ2n) is 11.4. The van der Waals surface area contributed by atoms with Crippen molar-refractivity contribution in [2.24, 2.45) is 0 Å². The molecule has 0 N–H and O–H groups in total. The van der Waals surface area contributed by atoms with Gasteiger partial charge in [0.25, 0.3) is 0 Å². The Hall–Kier alpha value is -6.53. The molecule has 0 atom stereocenters. The Morgan fingerprint density at radius 1 is 0.404 bits per heavy atom. The Morgan fingerprint density at radius 3 is 1.66 bits per heavy atom. The van der Waals surface area contributed by atoms with Gasteiger partial charge in [0.1, 0.15) is 11.0 Å². The molecule has 0 amide bonds. The molecular weight excluding hydrogens is 578 g/mol. The molecule has 0 saturated carbocycles. The van der Waals surface area contributed by atoms with Crippen molar-refractivity contribution in [3.8, 4) is 56.3 Å². The highest BCUT2D eigenvalue weighted by atomic mass is 16.6. The maximum atomic E-state index is 5.40. The Kier molecular flexibility index (Phi) is 6.35. The van der Waals surface area contributed by atoms with Gasteiger partial charge >= 0.3 is 0 Å². The minimum Gasteiger partial charge on any atom is -0.247 e. The lowest BCUT2D eigenvalue weighted by Gasteiger charge is -2.13. The Balaban J connectivity index is 1.21. The smallest absolute Gasteiger partial charge is 0.160 e. The molecule has 0 radical (unpaired) electrons. The van der Waals surface area contributed by atoms with Crippen molar-refractivity contribution >= 4 is 32.7 Å². The largest absolute Gasteiger partial charge is 0.247 e. The minimum atomic E-state index is 0.684. The molecule has 6 aromatic carbocycles. The standard InChI is InChI=1S/C41H25N5O/c1-4-12-27(13-5-1)35-25-36(44-41(43-35)30-16-8-3-9-17-30)28-22-20-26(21-23-28)32-24-33-37(40-39(32)45-47-46-40)31-18-10-11-19-34(31)42-38(33)29-14-6-2-7-15-29/h1-25H. The van der Waals surface area contributed by atoms with Gasteiger partial charge in [0, 0.05) is 44.0 Å². The number of para-hydroxylation sites is 1. The second-order valence-corrected chi connectivity index (χ2v) is 11.4. The van der Waals surface area contributed by atoms with Gasteiger partial charge in [0.15, 0.2) is 5.82 Å². The highest BCUT2D eigenvalue weighted by molar-refractivity contribution is 6.23. The van der Waals surface area contributed by atoms with E-state index in [0.717, 1.165) is 72.1 Å². The second kappa shape index (κ2) is 11.1. The molecule has 0 saturated heterocycles. The van der Waals surface area contributed by atoms with E-state index in [1.54, 1.807) is 0 Å². The summed E-state index contributed by atoms with van der Waals surface area (Å²) in [5.41, 5.74) is 10.9. The van der Waals surface area contributed by atoms with Crippen molar-refractivity contribution in [1.29, 1.82) is 0 Å². The summed E-state index contributed by atoms with van der Waals surface area (Å²) in [5, 5.41) is 11.8. The minimum absolute atomic E-state index is 0.684. The maximum Gasteiger partial charge on any atom is 0.160 e. The lowest BCUT2D eigenvalue weighted by atomic mass is 9.93. The zero-order valence-corrected chi connectivity index (χ0v) is 25.1. The van der Waals surface area contributed by atoms with Gasteiger partial charge in [0.05, 0.1) is 22.6 Å². The quantitative estimate of drug-likeness (QED) is 0.182. The molecule has 0 fully saturated rings. The number of pyridine rings is 1. The van der Waals surface area contributed by atoms with Crippen LogP contribution in [0.15, 0.2) is 156 Å². The van der Waals surface area contributed by atoms with Crippen LogP contribution in [0.3, 0.4) is 0 Å². The molecule has 47 heavy (non-hydrogen) atoms. The number of hydrogen-bond donors (Lipinski definition) is 0. The van der Waals surface area contributed by atoms with Gasteiger partial charge in [-0.1, -0.05) is 133 Å². The summed E-state index contributed by atoms with van der Waals surface area (Å²) in [6.07, 6.45) is 0. The lowest BCUT2D eigenvalue weighted by Crippen LogP contribution is -1.96. The van der Waals surface area contributed by atoms with E-state index in [1.807, 2.05) is 84.9 Å². The van der Waals surface area contributed by atoms with Gasteiger partial charge < -0.3 is 0 Å². The molecule has 220 valence electrons. The Labute approximate surface area is 270 Å². The molecule has 6 heteroatoms. The molecule has 3 heterocycles. The van der Waals surface area contributed by atoms with Crippen molar-refractivity contribution in [3.05, 3.63) is 152 Å². The molecule has 0 unspecified atom stereocenters. The first kappa shape index (κ1) is 26.8. The zero-order valence-electron chi connectivity index (χ0n) is 25.1. The van der Waals surface area contributed by atoms with Crippen LogP contribution in [0.25, 0.3) is 89.0 Å². The van der Waals surface area contributed by atoms with Crippen LogP contribution in [-0.4, -0.2) is 25.3 Å². The number of benzene rings is 6. The van der Waals surface area contributed by atoms with E-state index in [-0.39, 0.29) is 0 Å². The van der Waals surface area contributed by atoms with Crippen molar-refractivity contribution in [1.82, 2.24) is 25.3 Å². The van der Waals surface area contributed by atoms with Crippen molar-refractivity contribution in [3.63, 3.8) is 0 Å². The first-order valence-corrected chi connectivity index (χ1v) is 15.4. The van der Waals surface area contributed by atoms with Crippen molar-refractivity contribution in [2.75, 3.05) is 0 Å². The van der Waals surface area contributed by atoms with E-state index in [9.17, 15) is 0 Å². The number of aromatic nitrogens is 5. The van der Waals surface area contributed by atoms with E-state index in [4.69, 9.17) is 19.6 Å². The lowest BCUT2D eigenvalue weighted by molar-refractivity contribution is 0.316. The fourth-order valence-electron chi connectivity index (χ4n) is 6.29. The van der Waals surface area contributed by atoms with E-state index in [0.29, 0.717) is 16.9 Å². The van der Waals surface area contributed by atoms with Crippen LogP contribution in [-0.2, 0) is 0 Å². The zero-order chi connectivity index (χ0) is 31.2. The van der Waals surface area contributed by atoms with E-state index >= 15 is 0 Å². The number of hydrogen-bond acceptors (Lipinski definition) is 6.